The van der Waals surface area contributed by atoms with Gasteiger partial charge in [-0.3, -0.25) is 0 Å². The molecule has 2 atom stereocenters. The minimum atomic E-state index is 0.176. The highest BCUT2D eigenvalue weighted by molar-refractivity contribution is 5.16. The number of ether oxygens (including phenoxy) is 1. The van der Waals surface area contributed by atoms with Gasteiger partial charge in [-0.2, -0.15) is 0 Å². The van der Waals surface area contributed by atoms with Crippen LogP contribution in [0.25, 0.3) is 0 Å². The van der Waals surface area contributed by atoms with E-state index in [-0.39, 0.29) is 11.6 Å². The van der Waals surface area contributed by atoms with E-state index >= 15 is 0 Å². The summed E-state index contributed by atoms with van der Waals surface area (Å²) in [5.41, 5.74) is 8.06. The number of hydrogen-bond acceptors (Lipinski definition) is 2. The van der Waals surface area contributed by atoms with E-state index in [0.717, 1.165) is 19.4 Å². The first-order chi connectivity index (χ1) is 9.77. The number of benzene rings is 1. The van der Waals surface area contributed by atoms with Crippen LogP contribution in [0.3, 0.4) is 0 Å². The Labute approximate surface area is 122 Å². The molecular weight excluding hydrogens is 246 g/mol. The molecule has 1 spiro atoms. The Morgan fingerprint density at radius 3 is 2.65 bits per heavy atom. The zero-order valence-corrected chi connectivity index (χ0v) is 12.4. The van der Waals surface area contributed by atoms with Crippen molar-refractivity contribution in [1.29, 1.82) is 0 Å². The van der Waals surface area contributed by atoms with Crippen LogP contribution in [0.4, 0.5) is 0 Å². The van der Waals surface area contributed by atoms with Gasteiger partial charge >= 0.3 is 0 Å². The fourth-order valence-corrected chi connectivity index (χ4v) is 4.03. The minimum Gasteiger partial charge on any atom is -0.375 e. The molecule has 1 aliphatic carbocycles. The zero-order chi connectivity index (χ0) is 13.8. The molecule has 2 heteroatoms. The summed E-state index contributed by atoms with van der Waals surface area (Å²) in [6, 6.07) is 10.9. The number of hydrogen-bond donors (Lipinski definition) is 1. The predicted molar refractivity (Wildman–Crippen MR) is 82.6 cm³/mol. The maximum absolute atomic E-state index is 6.51. The molecule has 1 saturated carbocycles. The Bertz CT molecular complexity index is 405. The topological polar surface area (TPSA) is 35.2 Å². The summed E-state index contributed by atoms with van der Waals surface area (Å²) in [7, 11) is 0. The quantitative estimate of drug-likeness (QED) is 0.911. The molecule has 110 valence electrons. The molecule has 1 heterocycles. The molecule has 0 bridgehead atoms. The third kappa shape index (κ3) is 3.24. The molecule has 1 aromatic rings. The van der Waals surface area contributed by atoms with Gasteiger partial charge in [-0.25, -0.2) is 0 Å². The van der Waals surface area contributed by atoms with Crippen LogP contribution >= 0.6 is 0 Å². The molecule has 2 aliphatic rings. The smallest absolute Gasteiger partial charge is 0.0685 e. The molecular formula is C18H27NO. The van der Waals surface area contributed by atoms with Crippen molar-refractivity contribution in [3.63, 3.8) is 0 Å². The summed E-state index contributed by atoms with van der Waals surface area (Å²) in [6.07, 6.45) is 9.87. The standard InChI is InChI=1S/C18H27NO/c19-17(13-15-7-3-1-4-8-15)16-9-12-20-18(14-16)10-5-2-6-11-18/h1,3-4,7-8,16-17H,2,5-6,9-14,19H2. The van der Waals surface area contributed by atoms with E-state index in [4.69, 9.17) is 10.5 Å². The predicted octanol–water partition coefficient (Wildman–Crippen LogP) is 3.69. The first-order valence-electron chi connectivity index (χ1n) is 8.21. The van der Waals surface area contributed by atoms with Gasteiger partial charge in [0.05, 0.1) is 5.60 Å². The number of nitrogens with two attached hydrogens (primary N) is 1. The molecule has 1 aliphatic heterocycles. The maximum atomic E-state index is 6.51. The minimum absolute atomic E-state index is 0.176. The molecule has 2 fully saturated rings. The fraction of sp³-hybridized carbons (Fsp3) is 0.667. The second-order valence-electron chi connectivity index (χ2n) is 6.70. The van der Waals surface area contributed by atoms with Gasteiger partial charge in [-0.15, -0.1) is 0 Å². The van der Waals surface area contributed by atoms with Gasteiger partial charge in [-0.1, -0.05) is 49.6 Å². The van der Waals surface area contributed by atoms with E-state index in [9.17, 15) is 0 Å². The van der Waals surface area contributed by atoms with Crippen LogP contribution in [0.15, 0.2) is 30.3 Å². The lowest BCUT2D eigenvalue weighted by Crippen LogP contribution is -2.46. The zero-order valence-electron chi connectivity index (χ0n) is 12.4. The summed E-state index contributed by atoms with van der Waals surface area (Å²) in [5.74, 6) is 0.627. The van der Waals surface area contributed by atoms with Gasteiger partial charge in [0.1, 0.15) is 0 Å². The van der Waals surface area contributed by atoms with Crippen molar-refractivity contribution in [3.05, 3.63) is 35.9 Å². The van der Waals surface area contributed by atoms with Crippen LogP contribution in [-0.4, -0.2) is 18.2 Å². The van der Waals surface area contributed by atoms with E-state index < -0.39 is 0 Å². The van der Waals surface area contributed by atoms with E-state index in [1.165, 1.54) is 44.1 Å². The normalized spacial score (nSPS) is 27.4. The van der Waals surface area contributed by atoms with E-state index in [2.05, 4.69) is 30.3 Å². The monoisotopic (exact) mass is 273 g/mol. The van der Waals surface area contributed by atoms with Crippen LogP contribution in [0.1, 0.15) is 50.5 Å². The number of rotatable bonds is 3. The lowest BCUT2D eigenvalue weighted by atomic mass is 9.73. The molecule has 0 amide bonds. The first-order valence-corrected chi connectivity index (χ1v) is 8.21. The average molecular weight is 273 g/mol. The van der Waals surface area contributed by atoms with Crippen LogP contribution in [0.5, 0.6) is 0 Å². The Kier molecular flexibility index (Phi) is 4.42. The average Bonchev–Trinajstić information content (AvgIpc) is 2.49. The lowest BCUT2D eigenvalue weighted by molar-refractivity contribution is -0.120. The fourth-order valence-electron chi connectivity index (χ4n) is 4.03. The van der Waals surface area contributed by atoms with Crippen LogP contribution < -0.4 is 5.73 Å². The Hall–Kier alpha value is -0.860. The van der Waals surface area contributed by atoms with Gasteiger partial charge in [0.25, 0.3) is 0 Å². The van der Waals surface area contributed by atoms with Crippen LogP contribution in [0.2, 0.25) is 0 Å². The van der Waals surface area contributed by atoms with Gasteiger partial charge in [-0.05, 0) is 43.6 Å². The third-order valence-corrected chi connectivity index (χ3v) is 5.22. The molecule has 1 aromatic carbocycles. The summed E-state index contributed by atoms with van der Waals surface area (Å²) < 4.78 is 6.18. The molecule has 1 saturated heterocycles. The van der Waals surface area contributed by atoms with Crippen molar-refractivity contribution in [2.24, 2.45) is 11.7 Å². The van der Waals surface area contributed by atoms with Crippen molar-refractivity contribution in [2.45, 2.75) is 63.0 Å². The molecule has 0 aromatic heterocycles. The second kappa shape index (κ2) is 6.28. The summed E-state index contributed by atoms with van der Waals surface area (Å²) in [6.45, 7) is 0.910. The van der Waals surface area contributed by atoms with Crippen molar-refractivity contribution in [2.75, 3.05) is 6.61 Å². The van der Waals surface area contributed by atoms with Crippen LogP contribution in [-0.2, 0) is 11.2 Å². The Morgan fingerprint density at radius 1 is 1.15 bits per heavy atom. The lowest BCUT2D eigenvalue weighted by Gasteiger charge is -2.45. The molecule has 0 radical (unpaired) electrons. The van der Waals surface area contributed by atoms with E-state index in [1.807, 2.05) is 0 Å². The Balaban J connectivity index is 1.61. The molecule has 2 nitrogen and oxygen atoms in total. The maximum Gasteiger partial charge on any atom is 0.0685 e. The summed E-state index contributed by atoms with van der Waals surface area (Å²) in [4.78, 5) is 0. The van der Waals surface area contributed by atoms with Gasteiger partial charge < -0.3 is 10.5 Å². The van der Waals surface area contributed by atoms with Gasteiger partial charge in [0.2, 0.25) is 0 Å². The largest absolute Gasteiger partial charge is 0.375 e. The summed E-state index contributed by atoms with van der Waals surface area (Å²) in [5, 5.41) is 0. The molecule has 3 rings (SSSR count). The van der Waals surface area contributed by atoms with E-state index in [0.29, 0.717) is 5.92 Å². The highest BCUT2D eigenvalue weighted by Crippen LogP contribution is 2.41. The highest BCUT2D eigenvalue weighted by atomic mass is 16.5. The Morgan fingerprint density at radius 2 is 1.90 bits per heavy atom. The molecule has 2 N–H and O–H groups in total. The van der Waals surface area contributed by atoms with E-state index in [1.54, 1.807) is 0 Å². The SMILES string of the molecule is NC(Cc1ccccc1)C1CCOC2(CCCCC2)C1. The van der Waals surface area contributed by atoms with Crippen molar-refractivity contribution in [3.8, 4) is 0 Å². The second-order valence-corrected chi connectivity index (χ2v) is 6.70. The highest BCUT2D eigenvalue weighted by Gasteiger charge is 2.39. The third-order valence-electron chi connectivity index (χ3n) is 5.22. The van der Waals surface area contributed by atoms with Crippen LogP contribution in [0, 0.1) is 5.92 Å². The van der Waals surface area contributed by atoms with Gasteiger partial charge in [0.15, 0.2) is 0 Å². The summed E-state index contributed by atoms with van der Waals surface area (Å²) >= 11 is 0. The van der Waals surface area contributed by atoms with Crippen molar-refractivity contribution >= 4 is 0 Å². The van der Waals surface area contributed by atoms with Crippen molar-refractivity contribution < 1.29 is 4.74 Å². The molecule has 20 heavy (non-hydrogen) atoms. The van der Waals surface area contributed by atoms with Crippen molar-refractivity contribution in [1.82, 2.24) is 0 Å². The molecule has 2 unspecified atom stereocenters. The van der Waals surface area contributed by atoms with Gasteiger partial charge in [0, 0.05) is 12.6 Å². The first kappa shape index (κ1) is 14.1.